The molecule has 3 rings (SSSR count). The fourth-order valence-electron chi connectivity index (χ4n) is 2.87. The third kappa shape index (κ3) is 4.64. The summed E-state index contributed by atoms with van der Waals surface area (Å²) in [4.78, 5) is 6.84. The van der Waals surface area contributed by atoms with Gasteiger partial charge in [-0.15, -0.1) is 5.10 Å². The molecule has 134 valence electrons. The van der Waals surface area contributed by atoms with Crippen LogP contribution in [-0.2, 0) is 9.47 Å². The van der Waals surface area contributed by atoms with E-state index in [2.05, 4.69) is 20.1 Å². The standard InChI is InChI=1S/C18H24N4O3/c1-23-10-11-25-15-6-8-22(9-7-15)18-20-17(13-19-21-18)14-4-3-5-16(12-14)24-2/h3-5,12-13,15H,6-11H2,1-2H3. The van der Waals surface area contributed by atoms with E-state index < -0.39 is 0 Å². The van der Waals surface area contributed by atoms with Gasteiger partial charge in [-0.1, -0.05) is 12.1 Å². The van der Waals surface area contributed by atoms with Crippen LogP contribution in [-0.4, -0.2) is 61.8 Å². The number of hydrogen-bond acceptors (Lipinski definition) is 7. The van der Waals surface area contributed by atoms with E-state index >= 15 is 0 Å². The highest BCUT2D eigenvalue weighted by molar-refractivity contribution is 5.61. The van der Waals surface area contributed by atoms with Crippen molar-refractivity contribution in [1.29, 1.82) is 0 Å². The second-order valence-corrected chi connectivity index (χ2v) is 5.92. The van der Waals surface area contributed by atoms with Crippen molar-refractivity contribution in [3.63, 3.8) is 0 Å². The topological polar surface area (TPSA) is 69.6 Å². The third-order valence-electron chi connectivity index (χ3n) is 4.28. The summed E-state index contributed by atoms with van der Waals surface area (Å²) in [6, 6.07) is 7.79. The zero-order valence-corrected chi connectivity index (χ0v) is 14.7. The SMILES string of the molecule is COCCOC1CCN(c2nncc(-c3cccc(OC)c3)n2)CC1. The van der Waals surface area contributed by atoms with Crippen molar-refractivity contribution in [3.8, 4) is 17.0 Å². The maximum absolute atomic E-state index is 5.80. The number of hydrogen-bond donors (Lipinski definition) is 0. The molecule has 0 saturated carbocycles. The molecule has 7 nitrogen and oxygen atoms in total. The summed E-state index contributed by atoms with van der Waals surface area (Å²) in [7, 11) is 3.34. The molecule has 2 heterocycles. The normalized spacial score (nSPS) is 15.4. The second-order valence-electron chi connectivity index (χ2n) is 5.92. The first-order valence-corrected chi connectivity index (χ1v) is 8.50. The smallest absolute Gasteiger partial charge is 0.245 e. The van der Waals surface area contributed by atoms with E-state index in [1.807, 2.05) is 24.3 Å². The van der Waals surface area contributed by atoms with Crippen LogP contribution in [0, 0.1) is 0 Å². The fourth-order valence-corrected chi connectivity index (χ4v) is 2.87. The molecule has 7 heteroatoms. The van der Waals surface area contributed by atoms with Gasteiger partial charge >= 0.3 is 0 Å². The van der Waals surface area contributed by atoms with Gasteiger partial charge in [0.25, 0.3) is 0 Å². The molecule has 1 fully saturated rings. The van der Waals surface area contributed by atoms with E-state index in [0.29, 0.717) is 19.2 Å². The van der Waals surface area contributed by atoms with Gasteiger partial charge in [-0.3, -0.25) is 0 Å². The van der Waals surface area contributed by atoms with Gasteiger partial charge in [0.1, 0.15) is 5.75 Å². The molecule has 0 unspecified atom stereocenters. The van der Waals surface area contributed by atoms with Crippen LogP contribution in [0.2, 0.25) is 0 Å². The third-order valence-corrected chi connectivity index (χ3v) is 4.28. The molecule has 1 aliphatic rings. The number of methoxy groups -OCH3 is 2. The van der Waals surface area contributed by atoms with Gasteiger partial charge in [-0.2, -0.15) is 5.10 Å². The predicted octanol–water partition coefficient (Wildman–Crippen LogP) is 2.18. The van der Waals surface area contributed by atoms with Crippen molar-refractivity contribution in [1.82, 2.24) is 15.2 Å². The number of piperidine rings is 1. The van der Waals surface area contributed by atoms with Crippen LogP contribution < -0.4 is 9.64 Å². The van der Waals surface area contributed by atoms with Crippen LogP contribution in [0.1, 0.15) is 12.8 Å². The first-order valence-electron chi connectivity index (χ1n) is 8.50. The van der Waals surface area contributed by atoms with Crippen molar-refractivity contribution >= 4 is 5.95 Å². The molecule has 1 saturated heterocycles. The lowest BCUT2D eigenvalue weighted by Crippen LogP contribution is -2.38. The van der Waals surface area contributed by atoms with Gasteiger partial charge in [-0.25, -0.2) is 4.98 Å². The fraction of sp³-hybridized carbons (Fsp3) is 0.500. The number of ether oxygens (including phenoxy) is 3. The predicted molar refractivity (Wildman–Crippen MR) is 94.9 cm³/mol. The Labute approximate surface area is 147 Å². The summed E-state index contributed by atoms with van der Waals surface area (Å²) in [5, 5.41) is 8.33. The molecule has 0 N–H and O–H groups in total. The highest BCUT2D eigenvalue weighted by Crippen LogP contribution is 2.24. The van der Waals surface area contributed by atoms with Gasteiger partial charge in [0.2, 0.25) is 5.95 Å². The highest BCUT2D eigenvalue weighted by atomic mass is 16.5. The number of aromatic nitrogens is 3. The highest BCUT2D eigenvalue weighted by Gasteiger charge is 2.22. The Bertz CT molecular complexity index is 675. The number of benzene rings is 1. The minimum absolute atomic E-state index is 0.279. The molecular weight excluding hydrogens is 320 g/mol. The number of nitrogens with zero attached hydrogens (tertiary/aromatic N) is 4. The Kier molecular flexibility index (Phi) is 6.14. The maximum Gasteiger partial charge on any atom is 0.245 e. The quantitative estimate of drug-likeness (QED) is 0.713. The molecule has 0 atom stereocenters. The van der Waals surface area contributed by atoms with E-state index in [1.165, 1.54) is 0 Å². The van der Waals surface area contributed by atoms with Gasteiger partial charge in [-0.05, 0) is 25.0 Å². The van der Waals surface area contributed by atoms with Crippen LogP contribution in [0.5, 0.6) is 5.75 Å². The molecule has 2 aromatic rings. The summed E-state index contributed by atoms with van der Waals surface area (Å²) in [6.45, 7) is 3.00. The van der Waals surface area contributed by atoms with Crippen LogP contribution in [0.3, 0.4) is 0 Å². The van der Waals surface area contributed by atoms with Crippen molar-refractivity contribution in [2.24, 2.45) is 0 Å². The van der Waals surface area contributed by atoms with Gasteiger partial charge in [0.05, 0.1) is 38.3 Å². The average Bonchev–Trinajstić information content (AvgIpc) is 2.69. The minimum Gasteiger partial charge on any atom is -0.497 e. The first-order chi connectivity index (χ1) is 12.3. The summed E-state index contributed by atoms with van der Waals surface area (Å²) < 4.78 is 16.1. The van der Waals surface area contributed by atoms with Crippen molar-refractivity contribution < 1.29 is 14.2 Å². The Hall–Kier alpha value is -2.25. The monoisotopic (exact) mass is 344 g/mol. The molecule has 1 aromatic carbocycles. The molecule has 0 spiro atoms. The molecule has 0 aliphatic carbocycles. The zero-order valence-electron chi connectivity index (χ0n) is 14.7. The molecular formula is C18H24N4O3. The van der Waals surface area contributed by atoms with Crippen molar-refractivity contribution in [3.05, 3.63) is 30.5 Å². The van der Waals surface area contributed by atoms with Crippen molar-refractivity contribution in [2.45, 2.75) is 18.9 Å². The van der Waals surface area contributed by atoms with Crippen LogP contribution in [0.15, 0.2) is 30.5 Å². The molecule has 1 aliphatic heterocycles. The Morgan fingerprint density at radius 2 is 2.00 bits per heavy atom. The van der Waals surface area contributed by atoms with Crippen molar-refractivity contribution in [2.75, 3.05) is 45.4 Å². The Morgan fingerprint density at radius 3 is 2.76 bits per heavy atom. The molecule has 0 amide bonds. The van der Waals surface area contributed by atoms with E-state index in [9.17, 15) is 0 Å². The molecule has 1 aromatic heterocycles. The second kappa shape index (κ2) is 8.73. The molecule has 0 radical (unpaired) electrons. The van der Waals surface area contributed by atoms with E-state index in [4.69, 9.17) is 14.2 Å². The first kappa shape index (κ1) is 17.6. The Morgan fingerprint density at radius 1 is 1.16 bits per heavy atom. The summed E-state index contributed by atoms with van der Waals surface area (Å²) in [5.41, 5.74) is 1.76. The van der Waals surface area contributed by atoms with Gasteiger partial charge < -0.3 is 19.1 Å². The van der Waals surface area contributed by atoms with Gasteiger partial charge in [0.15, 0.2) is 0 Å². The average molecular weight is 344 g/mol. The van der Waals surface area contributed by atoms with Crippen LogP contribution in [0.4, 0.5) is 5.95 Å². The van der Waals surface area contributed by atoms with E-state index in [0.717, 1.165) is 42.9 Å². The Balaban J connectivity index is 1.64. The summed E-state index contributed by atoms with van der Waals surface area (Å²) >= 11 is 0. The van der Waals surface area contributed by atoms with Crippen LogP contribution >= 0.6 is 0 Å². The van der Waals surface area contributed by atoms with Crippen LogP contribution in [0.25, 0.3) is 11.3 Å². The largest absolute Gasteiger partial charge is 0.497 e. The maximum atomic E-state index is 5.80. The van der Waals surface area contributed by atoms with E-state index in [-0.39, 0.29) is 6.10 Å². The lowest BCUT2D eigenvalue weighted by Gasteiger charge is -2.31. The lowest BCUT2D eigenvalue weighted by molar-refractivity contribution is 0.00597. The molecule has 0 bridgehead atoms. The summed E-state index contributed by atoms with van der Waals surface area (Å²) in [5.74, 6) is 1.46. The zero-order chi connectivity index (χ0) is 17.5. The minimum atomic E-state index is 0.279. The number of anilines is 1. The van der Waals surface area contributed by atoms with Gasteiger partial charge in [0, 0.05) is 25.8 Å². The van der Waals surface area contributed by atoms with E-state index in [1.54, 1.807) is 20.4 Å². The summed E-state index contributed by atoms with van der Waals surface area (Å²) in [6.07, 6.45) is 3.87. The molecule has 25 heavy (non-hydrogen) atoms. The lowest BCUT2D eigenvalue weighted by atomic mass is 10.1. The number of rotatable bonds is 7.